The Morgan fingerprint density at radius 3 is 2.55 bits per heavy atom. The third-order valence-electron chi connectivity index (χ3n) is 4.96. The van der Waals surface area contributed by atoms with Crippen LogP contribution in [0.3, 0.4) is 0 Å². The Morgan fingerprint density at radius 1 is 1.30 bits per heavy atom. The summed E-state index contributed by atoms with van der Waals surface area (Å²) in [5, 5.41) is 12.4. The second kappa shape index (κ2) is 4.36. The van der Waals surface area contributed by atoms with Gasteiger partial charge in [0.2, 0.25) is 0 Å². The molecule has 3 N–H and O–H groups in total. The SMILES string of the molecule is Cc1c[nH]c(C(=O)NC2(C(=O)O)CC23CCCCC3)c1. The van der Waals surface area contributed by atoms with Gasteiger partial charge in [-0.1, -0.05) is 19.3 Å². The van der Waals surface area contributed by atoms with E-state index in [9.17, 15) is 14.7 Å². The summed E-state index contributed by atoms with van der Waals surface area (Å²) in [7, 11) is 0. The van der Waals surface area contributed by atoms with Crippen molar-refractivity contribution in [2.24, 2.45) is 5.41 Å². The molecule has 1 amide bonds. The van der Waals surface area contributed by atoms with E-state index >= 15 is 0 Å². The number of carbonyl (C=O) groups is 2. The van der Waals surface area contributed by atoms with E-state index in [1.807, 2.05) is 6.92 Å². The predicted molar refractivity (Wildman–Crippen MR) is 73.5 cm³/mol. The minimum atomic E-state index is -1.05. The van der Waals surface area contributed by atoms with E-state index in [2.05, 4.69) is 10.3 Å². The van der Waals surface area contributed by atoms with E-state index < -0.39 is 11.5 Å². The monoisotopic (exact) mass is 276 g/mol. The number of carboxylic acids is 1. The summed E-state index contributed by atoms with van der Waals surface area (Å²) < 4.78 is 0. The lowest BCUT2D eigenvalue weighted by molar-refractivity contribution is -0.142. The minimum absolute atomic E-state index is 0.214. The van der Waals surface area contributed by atoms with Crippen LogP contribution in [0.1, 0.15) is 54.6 Å². The summed E-state index contributed by atoms with van der Waals surface area (Å²) >= 11 is 0. The maximum Gasteiger partial charge on any atom is 0.330 e. The van der Waals surface area contributed by atoms with Crippen molar-refractivity contribution in [3.8, 4) is 0 Å². The van der Waals surface area contributed by atoms with Gasteiger partial charge in [-0.3, -0.25) is 4.79 Å². The second-order valence-electron chi connectivity index (χ2n) is 6.27. The van der Waals surface area contributed by atoms with Gasteiger partial charge in [0.25, 0.3) is 5.91 Å². The number of amides is 1. The summed E-state index contributed by atoms with van der Waals surface area (Å²) in [6, 6.07) is 1.74. The zero-order valence-corrected chi connectivity index (χ0v) is 11.7. The number of hydrogen-bond acceptors (Lipinski definition) is 2. The van der Waals surface area contributed by atoms with Crippen LogP contribution < -0.4 is 5.32 Å². The molecule has 0 saturated heterocycles. The van der Waals surface area contributed by atoms with Crippen molar-refractivity contribution < 1.29 is 14.7 Å². The first-order chi connectivity index (χ1) is 9.49. The summed E-state index contributed by atoms with van der Waals surface area (Å²) in [5.74, 6) is -1.21. The Bertz CT molecular complexity index is 557. The smallest absolute Gasteiger partial charge is 0.330 e. The molecule has 20 heavy (non-hydrogen) atoms. The Labute approximate surface area is 117 Å². The lowest BCUT2D eigenvalue weighted by Gasteiger charge is -2.27. The zero-order chi connectivity index (χ0) is 14.4. The van der Waals surface area contributed by atoms with Crippen LogP contribution in [-0.2, 0) is 4.79 Å². The molecule has 3 rings (SSSR count). The van der Waals surface area contributed by atoms with E-state index in [-0.39, 0.29) is 11.3 Å². The number of carbonyl (C=O) groups excluding carboxylic acids is 1. The molecule has 108 valence electrons. The molecule has 1 heterocycles. The van der Waals surface area contributed by atoms with E-state index in [4.69, 9.17) is 0 Å². The number of aromatic amines is 1. The molecule has 0 bridgehead atoms. The van der Waals surface area contributed by atoms with Gasteiger partial charge in [0.1, 0.15) is 11.2 Å². The van der Waals surface area contributed by atoms with Crippen molar-refractivity contribution in [2.75, 3.05) is 0 Å². The molecule has 5 nitrogen and oxygen atoms in total. The van der Waals surface area contributed by atoms with Crippen molar-refractivity contribution >= 4 is 11.9 Å². The third-order valence-corrected chi connectivity index (χ3v) is 4.96. The molecule has 0 aliphatic heterocycles. The summed E-state index contributed by atoms with van der Waals surface area (Å²) in [4.78, 5) is 26.8. The van der Waals surface area contributed by atoms with Gasteiger partial charge in [0.05, 0.1) is 0 Å². The molecule has 0 radical (unpaired) electrons. The number of aryl methyl sites for hydroxylation is 1. The Hall–Kier alpha value is -1.78. The van der Waals surface area contributed by atoms with Crippen LogP contribution in [0.5, 0.6) is 0 Å². The first-order valence-corrected chi connectivity index (χ1v) is 7.20. The number of rotatable bonds is 3. The highest BCUT2D eigenvalue weighted by Gasteiger charge is 2.72. The van der Waals surface area contributed by atoms with Gasteiger partial charge in [0, 0.05) is 11.6 Å². The van der Waals surface area contributed by atoms with Crippen LogP contribution in [0.25, 0.3) is 0 Å². The van der Waals surface area contributed by atoms with Crippen LogP contribution in [0.4, 0.5) is 0 Å². The maximum atomic E-state index is 12.2. The molecule has 1 spiro atoms. The quantitative estimate of drug-likeness (QED) is 0.791. The Kier molecular flexibility index (Phi) is 2.88. The molecule has 1 unspecified atom stereocenters. The van der Waals surface area contributed by atoms with Crippen molar-refractivity contribution in [2.45, 2.75) is 51.0 Å². The molecule has 1 aromatic rings. The fourth-order valence-electron chi connectivity index (χ4n) is 3.72. The standard InChI is InChI=1S/C15H20N2O3/c1-10-7-11(16-8-10)12(18)17-15(13(19)20)9-14(15)5-3-2-4-6-14/h7-8,16H,2-6,9H2,1H3,(H,17,18)(H,19,20). The van der Waals surface area contributed by atoms with Crippen molar-refractivity contribution in [1.82, 2.24) is 10.3 Å². The van der Waals surface area contributed by atoms with Crippen molar-refractivity contribution in [1.29, 1.82) is 0 Å². The number of hydrogen-bond donors (Lipinski definition) is 3. The van der Waals surface area contributed by atoms with Crippen LogP contribution >= 0.6 is 0 Å². The molecule has 5 heteroatoms. The van der Waals surface area contributed by atoms with Crippen LogP contribution in [0.2, 0.25) is 0 Å². The van der Waals surface area contributed by atoms with Gasteiger partial charge in [0.15, 0.2) is 0 Å². The molecular formula is C15H20N2O3. The summed E-state index contributed by atoms with van der Waals surface area (Å²) in [6.45, 7) is 1.89. The third kappa shape index (κ3) is 1.84. The number of H-pyrrole nitrogens is 1. The van der Waals surface area contributed by atoms with E-state index in [1.54, 1.807) is 12.3 Å². The van der Waals surface area contributed by atoms with Crippen molar-refractivity contribution in [3.05, 3.63) is 23.5 Å². The topological polar surface area (TPSA) is 82.2 Å². The highest BCUT2D eigenvalue weighted by atomic mass is 16.4. The molecular weight excluding hydrogens is 256 g/mol. The Balaban J connectivity index is 1.80. The molecule has 2 aliphatic rings. The fourth-order valence-corrected chi connectivity index (χ4v) is 3.72. The van der Waals surface area contributed by atoms with Gasteiger partial charge < -0.3 is 15.4 Å². The molecule has 2 saturated carbocycles. The normalized spacial score (nSPS) is 27.2. The molecule has 0 aromatic carbocycles. The molecule has 2 fully saturated rings. The molecule has 2 aliphatic carbocycles. The summed E-state index contributed by atoms with van der Waals surface area (Å²) in [6.07, 6.45) is 7.42. The predicted octanol–water partition coefficient (Wildman–Crippen LogP) is 2.23. The molecule has 1 atom stereocenters. The van der Waals surface area contributed by atoms with E-state index in [0.29, 0.717) is 12.1 Å². The first kappa shape index (κ1) is 13.2. The summed E-state index contributed by atoms with van der Waals surface area (Å²) in [5.41, 5.74) is 0.126. The largest absolute Gasteiger partial charge is 0.479 e. The first-order valence-electron chi connectivity index (χ1n) is 7.20. The molecule has 1 aromatic heterocycles. The van der Waals surface area contributed by atoms with Gasteiger partial charge in [-0.05, 0) is 37.8 Å². The lowest BCUT2D eigenvalue weighted by Crippen LogP contribution is -2.48. The van der Waals surface area contributed by atoms with Gasteiger partial charge in [-0.15, -0.1) is 0 Å². The van der Waals surface area contributed by atoms with E-state index in [0.717, 1.165) is 31.2 Å². The maximum absolute atomic E-state index is 12.2. The average Bonchev–Trinajstić information content (AvgIpc) is 2.81. The van der Waals surface area contributed by atoms with Crippen LogP contribution in [-0.4, -0.2) is 27.5 Å². The van der Waals surface area contributed by atoms with Crippen LogP contribution in [0.15, 0.2) is 12.3 Å². The highest BCUT2D eigenvalue weighted by Crippen LogP contribution is 2.64. The van der Waals surface area contributed by atoms with Gasteiger partial charge in [-0.25, -0.2) is 4.79 Å². The second-order valence-corrected chi connectivity index (χ2v) is 6.27. The average molecular weight is 276 g/mol. The number of nitrogens with one attached hydrogen (secondary N) is 2. The van der Waals surface area contributed by atoms with Gasteiger partial charge >= 0.3 is 5.97 Å². The van der Waals surface area contributed by atoms with Crippen LogP contribution in [0, 0.1) is 12.3 Å². The lowest BCUT2D eigenvalue weighted by atomic mass is 9.82. The van der Waals surface area contributed by atoms with Crippen molar-refractivity contribution in [3.63, 3.8) is 0 Å². The number of aliphatic carboxylic acids is 1. The highest BCUT2D eigenvalue weighted by molar-refractivity contribution is 5.98. The fraction of sp³-hybridized carbons (Fsp3) is 0.600. The van der Waals surface area contributed by atoms with E-state index in [1.165, 1.54) is 6.42 Å². The minimum Gasteiger partial charge on any atom is -0.479 e. The Morgan fingerprint density at radius 2 is 2.00 bits per heavy atom. The zero-order valence-electron chi connectivity index (χ0n) is 11.7. The van der Waals surface area contributed by atoms with Gasteiger partial charge in [-0.2, -0.15) is 0 Å². The number of carboxylic acid groups (broad SMARTS) is 1. The number of aromatic nitrogens is 1.